The Hall–Kier alpha value is -0.980. The molecule has 3 unspecified atom stereocenters. The molecular weight excluding hydrogens is 336 g/mol. The van der Waals surface area contributed by atoms with E-state index in [-0.39, 0.29) is 12.6 Å². The molecule has 3 atom stereocenters. The minimum absolute atomic E-state index is 0.0201. The van der Waals surface area contributed by atoms with E-state index in [0.29, 0.717) is 12.0 Å². The van der Waals surface area contributed by atoms with Crippen molar-refractivity contribution < 1.29 is 14.3 Å². The lowest BCUT2D eigenvalue weighted by molar-refractivity contribution is -0.161. The Morgan fingerprint density at radius 3 is 3.14 bits per heavy atom. The van der Waals surface area contributed by atoms with E-state index < -0.39 is 5.60 Å². The van der Waals surface area contributed by atoms with Gasteiger partial charge in [-0.05, 0) is 41.3 Å². The molecule has 1 aromatic rings. The molecule has 1 aromatic heterocycles. The number of hydrogen-bond donors (Lipinski definition) is 1. The Bertz CT molecular complexity index is 522. The predicted octanol–water partition coefficient (Wildman–Crippen LogP) is 2.00. The molecule has 2 bridgehead atoms. The summed E-state index contributed by atoms with van der Waals surface area (Å²) in [5, 5.41) is 3.53. The van der Waals surface area contributed by atoms with E-state index in [9.17, 15) is 4.79 Å². The Morgan fingerprint density at radius 2 is 2.43 bits per heavy atom. The number of halogens is 1. The number of pyridine rings is 1. The number of fused-ring (bicyclic) bond motifs is 2. The summed E-state index contributed by atoms with van der Waals surface area (Å²) in [5.74, 6) is 0.0245. The summed E-state index contributed by atoms with van der Waals surface area (Å²) in [4.78, 5) is 15.8. The maximum absolute atomic E-state index is 11.5. The molecule has 5 nitrogen and oxygen atoms in total. The van der Waals surface area contributed by atoms with Crippen LogP contribution in [0.25, 0.3) is 0 Å². The predicted molar refractivity (Wildman–Crippen MR) is 80.7 cm³/mol. The van der Waals surface area contributed by atoms with Crippen molar-refractivity contribution in [1.29, 1.82) is 0 Å². The van der Waals surface area contributed by atoms with Crippen molar-refractivity contribution in [3.63, 3.8) is 0 Å². The van der Waals surface area contributed by atoms with Gasteiger partial charge in [0.05, 0.1) is 12.7 Å². The highest BCUT2D eigenvalue weighted by atomic mass is 79.9. The molecule has 2 heterocycles. The number of hydrogen-bond acceptors (Lipinski definition) is 5. The van der Waals surface area contributed by atoms with Gasteiger partial charge in [0.2, 0.25) is 0 Å². The second kappa shape index (κ2) is 6.02. The second-order valence-electron chi connectivity index (χ2n) is 5.70. The van der Waals surface area contributed by atoms with Crippen LogP contribution in [0.1, 0.15) is 24.8 Å². The summed E-state index contributed by atoms with van der Waals surface area (Å²) >= 11 is 3.36. The third kappa shape index (κ3) is 2.84. The Labute approximate surface area is 132 Å². The molecule has 0 radical (unpaired) electrons. The van der Waals surface area contributed by atoms with Crippen LogP contribution < -0.4 is 5.32 Å². The molecule has 3 rings (SSSR count). The van der Waals surface area contributed by atoms with Crippen LogP contribution in [0.4, 0.5) is 0 Å². The smallest absolute Gasteiger partial charge is 0.331 e. The van der Waals surface area contributed by atoms with Crippen molar-refractivity contribution in [2.75, 3.05) is 20.3 Å². The fraction of sp³-hybridized carbons (Fsp3) is 0.600. The number of aromatic nitrogens is 1. The lowest BCUT2D eigenvalue weighted by Gasteiger charge is -2.41. The van der Waals surface area contributed by atoms with Gasteiger partial charge in [-0.3, -0.25) is 0 Å². The molecule has 2 fully saturated rings. The topological polar surface area (TPSA) is 60.5 Å². The minimum Gasteiger partial charge on any atom is -0.467 e. The maximum atomic E-state index is 11.5. The van der Waals surface area contributed by atoms with Crippen LogP contribution in [0.3, 0.4) is 0 Å². The zero-order valence-corrected chi connectivity index (χ0v) is 13.6. The summed E-state index contributed by atoms with van der Waals surface area (Å²) in [6.45, 7) is 0.898. The van der Waals surface area contributed by atoms with E-state index in [1.54, 1.807) is 0 Å². The molecule has 21 heavy (non-hydrogen) atoms. The number of carbonyl (C=O) groups excluding carboxylic acids is 1. The summed E-state index contributed by atoms with van der Waals surface area (Å²) in [6, 6.07) is 4.54. The second-order valence-corrected chi connectivity index (χ2v) is 6.51. The van der Waals surface area contributed by atoms with Crippen LogP contribution in [0.5, 0.6) is 0 Å². The van der Waals surface area contributed by atoms with Gasteiger partial charge < -0.3 is 14.8 Å². The highest BCUT2D eigenvalue weighted by molar-refractivity contribution is 9.10. The van der Waals surface area contributed by atoms with Crippen molar-refractivity contribution in [1.82, 2.24) is 10.3 Å². The standard InChI is InChI=1S/C15H19BrN2O3/c1-20-14(19)9-21-15(10-2-3-13(16)18-7-10)5-4-12-6-11(15)8-17-12/h2-3,7,11-12,17H,4-6,8-9H2,1H3. The van der Waals surface area contributed by atoms with E-state index in [1.165, 1.54) is 7.11 Å². The summed E-state index contributed by atoms with van der Waals surface area (Å²) in [6.07, 6.45) is 4.88. The van der Waals surface area contributed by atoms with E-state index in [1.807, 2.05) is 18.3 Å². The molecule has 0 spiro atoms. The molecule has 114 valence electrons. The molecule has 0 aromatic carbocycles. The van der Waals surface area contributed by atoms with Crippen LogP contribution in [0.2, 0.25) is 0 Å². The largest absolute Gasteiger partial charge is 0.467 e. The van der Waals surface area contributed by atoms with Crippen LogP contribution in [-0.4, -0.2) is 37.3 Å². The van der Waals surface area contributed by atoms with Crippen LogP contribution in [0.15, 0.2) is 22.9 Å². The zero-order valence-electron chi connectivity index (χ0n) is 12.0. The van der Waals surface area contributed by atoms with Crippen molar-refractivity contribution in [3.05, 3.63) is 28.5 Å². The quantitative estimate of drug-likeness (QED) is 0.661. The SMILES string of the molecule is COC(=O)COC1(c2ccc(Br)nc2)CCC2CC1CN2. The molecule has 1 saturated heterocycles. The summed E-state index contributed by atoms with van der Waals surface area (Å²) in [7, 11) is 1.38. The number of esters is 1. The normalized spacial score (nSPS) is 31.1. The van der Waals surface area contributed by atoms with Gasteiger partial charge in [-0.25, -0.2) is 9.78 Å². The van der Waals surface area contributed by atoms with Gasteiger partial charge in [0.1, 0.15) is 11.2 Å². The number of methoxy groups -OCH3 is 1. The van der Waals surface area contributed by atoms with Gasteiger partial charge in [0, 0.05) is 30.3 Å². The first-order chi connectivity index (χ1) is 10.1. The third-order valence-corrected chi connectivity index (χ3v) is 5.11. The first-order valence-electron chi connectivity index (χ1n) is 7.20. The van der Waals surface area contributed by atoms with E-state index in [2.05, 4.69) is 26.2 Å². The van der Waals surface area contributed by atoms with Crippen LogP contribution in [0, 0.1) is 5.92 Å². The van der Waals surface area contributed by atoms with Gasteiger partial charge in [0.25, 0.3) is 0 Å². The molecule has 0 amide bonds. The van der Waals surface area contributed by atoms with Gasteiger partial charge >= 0.3 is 5.97 Å². The molecule has 1 saturated carbocycles. The average Bonchev–Trinajstić information content (AvgIpc) is 2.91. The summed E-state index contributed by atoms with van der Waals surface area (Å²) in [5.41, 5.74) is 0.601. The van der Waals surface area contributed by atoms with Gasteiger partial charge in [-0.2, -0.15) is 0 Å². The highest BCUT2D eigenvalue weighted by Crippen LogP contribution is 2.47. The maximum Gasteiger partial charge on any atom is 0.331 e. The lowest BCUT2D eigenvalue weighted by atomic mass is 9.72. The molecule has 1 N–H and O–H groups in total. The van der Waals surface area contributed by atoms with E-state index in [4.69, 9.17) is 9.47 Å². The van der Waals surface area contributed by atoms with E-state index >= 15 is 0 Å². The van der Waals surface area contributed by atoms with E-state index in [0.717, 1.165) is 36.0 Å². The van der Waals surface area contributed by atoms with Gasteiger partial charge in [-0.1, -0.05) is 6.07 Å². The van der Waals surface area contributed by atoms with Crippen molar-refractivity contribution in [2.45, 2.75) is 30.9 Å². The highest BCUT2D eigenvalue weighted by Gasteiger charge is 2.49. The Morgan fingerprint density at radius 1 is 1.57 bits per heavy atom. The first kappa shape index (κ1) is 14.9. The molecule has 2 aliphatic rings. The number of nitrogens with one attached hydrogen (secondary N) is 1. The molecule has 6 heteroatoms. The fourth-order valence-electron chi connectivity index (χ4n) is 3.51. The average molecular weight is 355 g/mol. The number of rotatable bonds is 4. The van der Waals surface area contributed by atoms with Crippen molar-refractivity contribution in [3.8, 4) is 0 Å². The Kier molecular flexibility index (Phi) is 4.28. The van der Waals surface area contributed by atoms with Crippen LogP contribution in [-0.2, 0) is 19.9 Å². The fourth-order valence-corrected chi connectivity index (χ4v) is 3.75. The van der Waals surface area contributed by atoms with Crippen molar-refractivity contribution >= 4 is 21.9 Å². The van der Waals surface area contributed by atoms with Crippen molar-refractivity contribution in [2.24, 2.45) is 5.92 Å². The monoisotopic (exact) mass is 354 g/mol. The number of nitrogens with zero attached hydrogens (tertiary/aromatic N) is 1. The zero-order chi connectivity index (χ0) is 14.9. The Balaban J connectivity index is 1.90. The van der Waals surface area contributed by atoms with Gasteiger partial charge in [0.15, 0.2) is 0 Å². The van der Waals surface area contributed by atoms with Crippen LogP contribution >= 0.6 is 15.9 Å². The summed E-state index contributed by atoms with van der Waals surface area (Å²) < 4.78 is 11.6. The molecule has 1 aliphatic carbocycles. The minimum atomic E-state index is -0.443. The van der Waals surface area contributed by atoms with Gasteiger partial charge in [-0.15, -0.1) is 0 Å². The molecule has 1 aliphatic heterocycles. The third-order valence-electron chi connectivity index (χ3n) is 4.64. The lowest BCUT2D eigenvalue weighted by Crippen LogP contribution is -2.42. The number of ether oxygens (including phenoxy) is 2. The number of carbonyl (C=O) groups is 1. The first-order valence-corrected chi connectivity index (χ1v) is 7.99. The molecular formula is C15H19BrN2O3.